The highest BCUT2D eigenvalue weighted by Gasteiger charge is 2.34. The molecular weight excluding hydrogens is 368 g/mol. The van der Waals surface area contributed by atoms with E-state index >= 15 is 0 Å². The Balaban J connectivity index is 1.97. The minimum atomic E-state index is -0.164. The van der Waals surface area contributed by atoms with Crippen molar-refractivity contribution in [2.75, 3.05) is 19.4 Å². The topological polar surface area (TPSA) is 49.4 Å². The number of fused-ring (bicyclic) bond motifs is 1. The van der Waals surface area contributed by atoms with Crippen LogP contribution in [0.4, 0.5) is 5.00 Å². The summed E-state index contributed by atoms with van der Waals surface area (Å²) in [4.78, 5) is 28.6. The van der Waals surface area contributed by atoms with Gasteiger partial charge in [0.05, 0.1) is 5.56 Å². The molecule has 2 aromatic rings. The van der Waals surface area contributed by atoms with Crippen LogP contribution in [0.15, 0.2) is 24.3 Å². The standard InChI is InChI=1S/C23H30N2O2S/c1-14-8-7-9-15(12-14)20(26)24-21-19(22(27)25(5)6)17-11-10-16(23(2,3)4)13-18(17)28-21/h7-9,12,16H,10-11,13H2,1-6H3,(H,24,26). The van der Waals surface area contributed by atoms with Crippen molar-refractivity contribution in [2.24, 2.45) is 11.3 Å². The van der Waals surface area contributed by atoms with Crippen molar-refractivity contribution in [3.05, 3.63) is 51.4 Å². The number of anilines is 1. The van der Waals surface area contributed by atoms with Crippen LogP contribution in [0.25, 0.3) is 0 Å². The number of amides is 2. The molecule has 150 valence electrons. The first-order chi connectivity index (χ1) is 13.1. The second-order valence-electron chi connectivity index (χ2n) is 9.04. The van der Waals surface area contributed by atoms with Gasteiger partial charge in [-0.2, -0.15) is 0 Å². The van der Waals surface area contributed by atoms with E-state index in [1.54, 1.807) is 36.4 Å². The maximum atomic E-state index is 12.9. The molecule has 0 spiro atoms. The zero-order valence-electron chi connectivity index (χ0n) is 17.7. The van der Waals surface area contributed by atoms with Gasteiger partial charge in [-0.3, -0.25) is 9.59 Å². The fourth-order valence-corrected chi connectivity index (χ4v) is 5.14. The van der Waals surface area contributed by atoms with Crippen LogP contribution >= 0.6 is 11.3 Å². The van der Waals surface area contributed by atoms with Crippen LogP contribution in [0, 0.1) is 18.3 Å². The molecule has 28 heavy (non-hydrogen) atoms. The Labute approximate surface area is 172 Å². The molecule has 0 radical (unpaired) electrons. The highest BCUT2D eigenvalue weighted by molar-refractivity contribution is 7.17. The van der Waals surface area contributed by atoms with E-state index in [1.807, 2.05) is 25.1 Å². The van der Waals surface area contributed by atoms with Crippen LogP contribution in [0.1, 0.15) is 63.9 Å². The van der Waals surface area contributed by atoms with Crippen molar-refractivity contribution < 1.29 is 9.59 Å². The number of carbonyl (C=O) groups excluding carboxylic acids is 2. The Bertz CT molecular complexity index is 906. The molecule has 0 saturated carbocycles. The lowest BCUT2D eigenvalue weighted by Crippen LogP contribution is -2.28. The van der Waals surface area contributed by atoms with Crippen LogP contribution in [0.5, 0.6) is 0 Å². The number of carbonyl (C=O) groups is 2. The van der Waals surface area contributed by atoms with Crippen molar-refractivity contribution in [3.8, 4) is 0 Å². The van der Waals surface area contributed by atoms with Crippen LogP contribution in [-0.4, -0.2) is 30.8 Å². The van der Waals surface area contributed by atoms with Crippen LogP contribution < -0.4 is 5.32 Å². The molecule has 1 aliphatic carbocycles. The summed E-state index contributed by atoms with van der Waals surface area (Å²) in [7, 11) is 3.53. The highest BCUT2D eigenvalue weighted by atomic mass is 32.1. The first-order valence-electron chi connectivity index (χ1n) is 9.82. The Morgan fingerprint density at radius 1 is 1.21 bits per heavy atom. The molecule has 0 bridgehead atoms. The molecule has 1 atom stereocenters. The summed E-state index contributed by atoms with van der Waals surface area (Å²) in [6, 6.07) is 7.52. The van der Waals surface area contributed by atoms with E-state index < -0.39 is 0 Å². The van der Waals surface area contributed by atoms with E-state index in [4.69, 9.17) is 0 Å². The fraction of sp³-hybridized carbons (Fsp3) is 0.478. The molecule has 1 aromatic carbocycles. The van der Waals surface area contributed by atoms with E-state index in [0.29, 0.717) is 22.0 Å². The first kappa shape index (κ1) is 20.6. The predicted molar refractivity (Wildman–Crippen MR) is 116 cm³/mol. The van der Waals surface area contributed by atoms with Gasteiger partial charge >= 0.3 is 0 Å². The van der Waals surface area contributed by atoms with Crippen molar-refractivity contribution in [3.63, 3.8) is 0 Å². The summed E-state index contributed by atoms with van der Waals surface area (Å²) in [6.45, 7) is 8.81. The lowest BCUT2D eigenvalue weighted by Gasteiger charge is -2.34. The number of rotatable bonds is 3. The Hall–Kier alpha value is -2.14. The lowest BCUT2D eigenvalue weighted by atomic mass is 9.72. The summed E-state index contributed by atoms with van der Waals surface area (Å²) in [5.74, 6) is 0.384. The zero-order valence-corrected chi connectivity index (χ0v) is 18.5. The Morgan fingerprint density at radius 2 is 1.93 bits per heavy atom. The van der Waals surface area contributed by atoms with Crippen molar-refractivity contribution in [1.29, 1.82) is 0 Å². The number of thiophene rings is 1. The van der Waals surface area contributed by atoms with Gasteiger partial charge in [0.25, 0.3) is 11.8 Å². The smallest absolute Gasteiger partial charge is 0.256 e. The minimum absolute atomic E-state index is 0.0359. The third kappa shape index (κ3) is 4.14. The summed E-state index contributed by atoms with van der Waals surface area (Å²) in [6.07, 6.45) is 2.94. The van der Waals surface area contributed by atoms with Crippen molar-refractivity contribution in [1.82, 2.24) is 4.90 Å². The fourth-order valence-electron chi connectivity index (χ4n) is 3.82. The first-order valence-corrected chi connectivity index (χ1v) is 10.6. The number of benzene rings is 1. The van der Waals surface area contributed by atoms with Gasteiger partial charge in [-0.05, 0) is 55.2 Å². The normalized spacial score (nSPS) is 16.4. The number of hydrogen-bond acceptors (Lipinski definition) is 3. The van der Waals surface area contributed by atoms with Crippen LogP contribution in [0.2, 0.25) is 0 Å². The van der Waals surface area contributed by atoms with Crippen molar-refractivity contribution >= 4 is 28.2 Å². The number of aryl methyl sites for hydroxylation is 1. The van der Waals surface area contributed by atoms with Gasteiger partial charge in [0, 0.05) is 24.5 Å². The monoisotopic (exact) mass is 398 g/mol. The summed E-state index contributed by atoms with van der Waals surface area (Å²) in [5.41, 5.74) is 3.69. The third-order valence-corrected chi connectivity index (χ3v) is 6.79. The molecule has 0 aliphatic heterocycles. The average Bonchev–Trinajstić information content (AvgIpc) is 2.97. The summed E-state index contributed by atoms with van der Waals surface area (Å²) < 4.78 is 0. The minimum Gasteiger partial charge on any atom is -0.345 e. The average molecular weight is 399 g/mol. The van der Waals surface area contributed by atoms with Gasteiger partial charge in [0.1, 0.15) is 5.00 Å². The molecule has 1 aromatic heterocycles. The van der Waals surface area contributed by atoms with Gasteiger partial charge in [0.15, 0.2) is 0 Å². The molecule has 0 saturated heterocycles. The molecule has 2 amide bonds. The lowest BCUT2D eigenvalue weighted by molar-refractivity contribution is 0.0827. The quantitative estimate of drug-likeness (QED) is 0.776. The van der Waals surface area contributed by atoms with E-state index in [-0.39, 0.29) is 17.2 Å². The molecular formula is C23H30N2O2S. The molecule has 1 unspecified atom stereocenters. The maximum Gasteiger partial charge on any atom is 0.256 e. The van der Waals surface area contributed by atoms with E-state index in [1.165, 1.54) is 4.88 Å². The second kappa shape index (κ2) is 7.70. The highest BCUT2D eigenvalue weighted by Crippen LogP contribution is 2.44. The molecule has 0 fully saturated rings. The number of nitrogens with zero attached hydrogens (tertiary/aromatic N) is 1. The molecule has 3 rings (SSSR count). The van der Waals surface area contributed by atoms with E-state index in [9.17, 15) is 9.59 Å². The maximum absolute atomic E-state index is 12.9. The van der Waals surface area contributed by atoms with Gasteiger partial charge < -0.3 is 10.2 Å². The Kier molecular flexibility index (Phi) is 5.67. The second-order valence-corrected chi connectivity index (χ2v) is 10.1. The van der Waals surface area contributed by atoms with Gasteiger partial charge in [-0.25, -0.2) is 0 Å². The van der Waals surface area contributed by atoms with E-state index in [2.05, 4.69) is 26.1 Å². The van der Waals surface area contributed by atoms with Crippen LogP contribution in [0.3, 0.4) is 0 Å². The summed E-state index contributed by atoms with van der Waals surface area (Å²) >= 11 is 1.58. The SMILES string of the molecule is Cc1cccc(C(=O)Nc2sc3c(c2C(=O)N(C)C)CCC(C(C)(C)C)C3)c1. The summed E-state index contributed by atoms with van der Waals surface area (Å²) in [5, 5.41) is 3.72. The van der Waals surface area contributed by atoms with Crippen LogP contribution in [-0.2, 0) is 12.8 Å². The molecule has 1 N–H and O–H groups in total. The molecule has 1 aliphatic rings. The molecule has 5 heteroatoms. The van der Waals surface area contributed by atoms with Crippen molar-refractivity contribution in [2.45, 2.75) is 47.0 Å². The van der Waals surface area contributed by atoms with E-state index in [0.717, 1.165) is 30.4 Å². The van der Waals surface area contributed by atoms with Gasteiger partial charge in [0.2, 0.25) is 0 Å². The Morgan fingerprint density at radius 3 is 2.54 bits per heavy atom. The zero-order chi connectivity index (χ0) is 20.6. The van der Waals surface area contributed by atoms with Gasteiger partial charge in [-0.1, -0.05) is 38.5 Å². The largest absolute Gasteiger partial charge is 0.345 e. The number of hydrogen-bond donors (Lipinski definition) is 1. The number of nitrogens with one attached hydrogen (secondary N) is 1. The van der Waals surface area contributed by atoms with Gasteiger partial charge in [-0.15, -0.1) is 11.3 Å². The molecule has 4 nitrogen and oxygen atoms in total. The molecule has 1 heterocycles. The third-order valence-electron chi connectivity index (χ3n) is 5.62. The predicted octanol–water partition coefficient (Wildman–Crippen LogP) is 5.16.